The van der Waals surface area contributed by atoms with Crippen LogP contribution in [0.3, 0.4) is 0 Å². The minimum absolute atomic E-state index is 0.0162. The number of rotatable bonds is 9. The van der Waals surface area contributed by atoms with Gasteiger partial charge in [0.05, 0.1) is 11.4 Å². The molecular formula is C14H22N2O5S2. The van der Waals surface area contributed by atoms with Crippen molar-refractivity contribution in [2.24, 2.45) is 0 Å². The lowest BCUT2D eigenvalue weighted by Gasteiger charge is -2.21. The third-order valence-corrected chi connectivity index (χ3v) is 5.97. The van der Waals surface area contributed by atoms with Crippen LogP contribution in [-0.2, 0) is 14.8 Å². The van der Waals surface area contributed by atoms with Crippen LogP contribution in [0.5, 0.6) is 5.75 Å². The van der Waals surface area contributed by atoms with E-state index in [9.17, 15) is 18.3 Å². The number of hydroxylamine groups is 1. The first-order valence-electron chi connectivity index (χ1n) is 7.11. The van der Waals surface area contributed by atoms with Crippen molar-refractivity contribution in [3.63, 3.8) is 0 Å². The Balaban J connectivity index is 2.88. The third-order valence-electron chi connectivity index (χ3n) is 2.92. The lowest BCUT2D eigenvalue weighted by atomic mass is 10.3. The molecule has 1 aromatic rings. The zero-order chi connectivity index (χ0) is 17.5. The number of carbonyl (C=O) groups is 1. The van der Waals surface area contributed by atoms with E-state index in [-0.39, 0.29) is 17.2 Å². The number of amides is 1. The molecule has 0 aliphatic heterocycles. The van der Waals surface area contributed by atoms with Gasteiger partial charge in [0.25, 0.3) is 5.91 Å². The van der Waals surface area contributed by atoms with E-state index in [2.05, 4.69) is 13.8 Å². The highest BCUT2D eigenvalue weighted by atomic mass is 32.2. The van der Waals surface area contributed by atoms with E-state index in [1.54, 1.807) is 11.8 Å². The van der Waals surface area contributed by atoms with E-state index in [0.717, 1.165) is 10.1 Å². The molecule has 1 rings (SSSR count). The van der Waals surface area contributed by atoms with Crippen LogP contribution in [0, 0.1) is 0 Å². The van der Waals surface area contributed by atoms with E-state index < -0.39 is 22.5 Å². The molecule has 0 bridgehead atoms. The fourth-order valence-electron chi connectivity index (χ4n) is 1.81. The van der Waals surface area contributed by atoms with Gasteiger partial charge in [0.2, 0.25) is 10.0 Å². The normalized spacial score (nSPS) is 11.9. The van der Waals surface area contributed by atoms with Gasteiger partial charge < -0.3 is 5.11 Å². The molecule has 130 valence electrons. The summed E-state index contributed by atoms with van der Waals surface area (Å²) in [5.74, 6) is -0.0826. The second kappa shape index (κ2) is 9.11. The Morgan fingerprint density at radius 1 is 1.30 bits per heavy atom. The SMILES string of the molecule is CC(C)SCCCN(CC(=O)NO)S(=O)(=O)c1ccc(O)cc1. The number of nitrogens with zero attached hydrogens (tertiary/aromatic N) is 1. The largest absolute Gasteiger partial charge is 0.508 e. The Bertz CT molecular complexity index is 602. The average molecular weight is 362 g/mol. The molecule has 7 nitrogen and oxygen atoms in total. The van der Waals surface area contributed by atoms with Crippen molar-refractivity contribution >= 4 is 27.7 Å². The molecular weight excluding hydrogens is 340 g/mol. The molecule has 9 heteroatoms. The van der Waals surface area contributed by atoms with Gasteiger partial charge in [-0.15, -0.1) is 0 Å². The number of phenols is 1. The molecule has 0 saturated carbocycles. The molecule has 0 unspecified atom stereocenters. The van der Waals surface area contributed by atoms with Gasteiger partial charge in [0, 0.05) is 6.54 Å². The maximum atomic E-state index is 12.6. The summed E-state index contributed by atoms with van der Waals surface area (Å²) in [5, 5.41) is 18.3. The maximum absolute atomic E-state index is 12.6. The number of phenolic OH excluding ortho intramolecular Hbond substituents is 1. The molecule has 0 spiro atoms. The van der Waals surface area contributed by atoms with Crippen LogP contribution in [0.4, 0.5) is 0 Å². The van der Waals surface area contributed by atoms with Gasteiger partial charge in [-0.1, -0.05) is 13.8 Å². The molecule has 0 aromatic heterocycles. The third kappa shape index (κ3) is 6.38. The van der Waals surface area contributed by atoms with Gasteiger partial charge in [-0.2, -0.15) is 16.1 Å². The molecule has 3 N–H and O–H groups in total. The van der Waals surface area contributed by atoms with Crippen LogP contribution in [0.15, 0.2) is 29.2 Å². The molecule has 0 aliphatic rings. The maximum Gasteiger partial charge on any atom is 0.258 e. The van der Waals surface area contributed by atoms with Crippen LogP contribution in [0.1, 0.15) is 20.3 Å². The summed E-state index contributed by atoms with van der Waals surface area (Å²) in [4.78, 5) is 11.4. The summed E-state index contributed by atoms with van der Waals surface area (Å²) >= 11 is 1.70. The quantitative estimate of drug-likeness (QED) is 0.348. The molecule has 1 amide bonds. The molecule has 0 atom stereocenters. The molecule has 0 aliphatic carbocycles. The number of carbonyl (C=O) groups excluding carboxylic acids is 1. The van der Waals surface area contributed by atoms with E-state index in [1.165, 1.54) is 29.7 Å². The summed E-state index contributed by atoms with van der Waals surface area (Å²) < 4.78 is 26.2. The predicted octanol–water partition coefficient (Wildman–Crippen LogP) is 1.42. The Morgan fingerprint density at radius 3 is 2.43 bits per heavy atom. The molecule has 0 radical (unpaired) electrons. The molecule has 23 heavy (non-hydrogen) atoms. The van der Waals surface area contributed by atoms with Gasteiger partial charge in [-0.25, -0.2) is 13.9 Å². The van der Waals surface area contributed by atoms with E-state index in [0.29, 0.717) is 11.7 Å². The van der Waals surface area contributed by atoms with Crippen molar-refractivity contribution in [1.82, 2.24) is 9.79 Å². The Kier molecular flexibility index (Phi) is 7.83. The van der Waals surface area contributed by atoms with Crippen LogP contribution < -0.4 is 5.48 Å². The average Bonchev–Trinajstić information content (AvgIpc) is 2.50. The van der Waals surface area contributed by atoms with E-state index in [4.69, 9.17) is 5.21 Å². The predicted molar refractivity (Wildman–Crippen MR) is 89.0 cm³/mol. The number of nitrogens with one attached hydrogen (secondary N) is 1. The summed E-state index contributed by atoms with van der Waals surface area (Å²) in [6.45, 7) is 3.80. The van der Waals surface area contributed by atoms with E-state index >= 15 is 0 Å². The van der Waals surface area contributed by atoms with Gasteiger partial charge in [0.1, 0.15) is 5.75 Å². The molecule has 0 fully saturated rings. The number of benzene rings is 1. The van der Waals surface area contributed by atoms with Crippen molar-refractivity contribution in [2.45, 2.75) is 30.4 Å². The van der Waals surface area contributed by atoms with Crippen molar-refractivity contribution in [3.8, 4) is 5.75 Å². The summed E-state index contributed by atoms with van der Waals surface area (Å²) in [7, 11) is -3.88. The van der Waals surface area contributed by atoms with Gasteiger partial charge in [-0.3, -0.25) is 10.0 Å². The van der Waals surface area contributed by atoms with Gasteiger partial charge >= 0.3 is 0 Å². The second-order valence-electron chi connectivity index (χ2n) is 5.14. The highest BCUT2D eigenvalue weighted by Crippen LogP contribution is 2.19. The number of thioether (sulfide) groups is 1. The smallest absolute Gasteiger partial charge is 0.258 e. The van der Waals surface area contributed by atoms with Crippen molar-refractivity contribution in [3.05, 3.63) is 24.3 Å². The second-order valence-corrected chi connectivity index (χ2v) is 8.76. The number of hydrogen-bond acceptors (Lipinski definition) is 6. The van der Waals surface area contributed by atoms with Crippen LogP contribution in [0.2, 0.25) is 0 Å². The lowest BCUT2D eigenvalue weighted by molar-refractivity contribution is -0.129. The summed E-state index contributed by atoms with van der Waals surface area (Å²) in [5.41, 5.74) is 1.45. The molecule has 0 heterocycles. The van der Waals surface area contributed by atoms with Gasteiger partial charge in [0.15, 0.2) is 0 Å². The Morgan fingerprint density at radius 2 is 1.91 bits per heavy atom. The van der Waals surface area contributed by atoms with E-state index in [1.807, 2.05) is 0 Å². The zero-order valence-corrected chi connectivity index (χ0v) is 14.7. The monoisotopic (exact) mass is 362 g/mol. The highest BCUT2D eigenvalue weighted by molar-refractivity contribution is 7.99. The lowest BCUT2D eigenvalue weighted by Crippen LogP contribution is -2.40. The summed E-state index contributed by atoms with van der Waals surface area (Å²) in [6.07, 6.45) is 0.582. The van der Waals surface area contributed by atoms with Crippen molar-refractivity contribution in [1.29, 1.82) is 0 Å². The van der Waals surface area contributed by atoms with Gasteiger partial charge in [-0.05, 0) is 41.7 Å². The Hall–Kier alpha value is -1.29. The molecule has 1 aromatic carbocycles. The first-order valence-corrected chi connectivity index (χ1v) is 9.60. The number of sulfonamides is 1. The number of hydrogen-bond donors (Lipinski definition) is 3. The standard InChI is InChI=1S/C14H22N2O5S2/c1-11(2)22-9-3-8-16(10-14(18)15-19)23(20,21)13-6-4-12(17)5-7-13/h4-7,11,17,19H,3,8-10H2,1-2H3,(H,15,18). The van der Waals surface area contributed by atoms with Crippen LogP contribution >= 0.6 is 11.8 Å². The fourth-order valence-corrected chi connectivity index (χ4v) is 4.01. The molecule has 0 saturated heterocycles. The van der Waals surface area contributed by atoms with Crippen LogP contribution in [0.25, 0.3) is 0 Å². The summed E-state index contributed by atoms with van der Waals surface area (Å²) in [6, 6.07) is 5.09. The minimum atomic E-state index is -3.88. The van der Waals surface area contributed by atoms with Crippen molar-refractivity contribution in [2.75, 3.05) is 18.8 Å². The zero-order valence-electron chi connectivity index (χ0n) is 13.1. The Labute approximate surface area is 140 Å². The van der Waals surface area contributed by atoms with Crippen LogP contribution in [-0.4, -0.2) is 53.0 Å². The highest BCUT2D eigenvalue weighted by Gasteiger charge is 2.26. The fraction of sp³-hybridized carbons (Fsp3) is 0.500. The topological polar surface area (TPSA) is 107 Å². The number of aromatic hydroxyl groups is 1. The first-order chi connectivity index (χ1) is 10.8. The minimum Gasteiger partial charge on any atom is -0.508 e. The first kappa shape index (κ1) is 19.8. The van der Waals surface area contributed by atoms with Crippen molar-refractivity contribution < 1.29 is 23.5 Å².